The maximum atomic E-state index is 9.50. The van der Waals surface area contributed by atoms with Crippen LogP contribution in [0.1, 0.15) is 31.4 Å². The number of hydrogen-bond donors (Lipinski definition) is 2. The van der Waals surface area contributed by atoms with Crippen molar-refractivity contribution in [1.82, 2.24) is 9.97 Å². The number of rotatable bonds is 3. The maximum absolute atomic E-state index is 9.50. The first-order valence-electron chi connectivity index (χ1n) is 7.38. The Hall–Kier alpha value is -1.68. The van der Waals surface area contributed by atoms with E-state index >= 15 is 0 Å². The van der Waals surface area contributed by atoms with Gasteiger partial charge >= 0.3 is 0 Å². The number of para-hydroxylation sites is 2. The minimum Gasteiger partial charge on any atom is -0.396 e. The lowest BCUT2D eigenvalue weighted by atomic mass is 9.85. The quantitative estimate of drug-likeness (QED) is 0.901. The maximum Gasteiger partial charge on any atom is 0.148 e. The van der Waals surface area contributed by atoms with Gasteiger partial charge in [0.15, 0.2) is 0 Å². The number of fused-ring (bicyclic) bond motifs is 1. The van der Waals surface area contributed by atoms with E-state index in [0.29, 0.717) is 12.0 Å². The first kappa shape index (κ1) is 13.3. The Morgan fingerprint density at radius 3 is 2.60 bits per heavy atom. The lowest BCUT2D eigenvalue weighted by Crippen LogP contribution is -2.35. The van der Waals surface area contributed by atoms with Crippen LogP contribution in [0.2, 0.25) is 0 Å². The topological polar surface area (TPSA) is 58.0 Å². The van der Waals surface area contributed by atoms with Crippen LogP contribution in [0.15, 0.2) is 24.3 Å². The van der Waals surface area contributed by atoms with E-state index in [1.165, 1.54) is 12.8 Å². The zero-order valence-electron chi connectivity index (χ0n) is 11.8. The standard InChI is InChI=1S/C16H21N3O/c1-11-16(18-13-7-3-2-6-12(13)10-20)19-15-9-5-4-8-14(15)17-11/h4-5,8-9,12-13,20H,2-3,6-7,10H2,1H3,(H,18,19). The number of hydrogen-bond acceptors (Lipinski definition) is 4. The van der Waals surface area contributed by atoms with Crippen molar-refractivity contribution in [3.05, 3.63) is 30.0 Å². The fraction of sp³-hybridized carbons (Fsp3) is 0.500. The molecule has 1 saturated carbocycles. The fourth-order valence-electron chi connectivity index (χ4n) is 3.02. The Labute approximate surface area is 119 Å². The zero-order valence-corrected chi connectivity index (χ0v) is 11.8. The molecule has 1 fully saturated rings. The van der Waals surface area contributed by atoms with Gasteiger partial charge < -0.3 is 10.4 Å². The third-order valence-corrected chi connectivity index (χ3v) is 4.21. The van der Waals surface area contributed by atoms with Gasteiger partial charge in [0.2, 0.25) is 0 Å². The summed E-state index contributed by atoms with van der Waals surface area (Å²) in [4.78, 5) is 9.29. The van der Waals surface area contributed by atoms with E-state index in [1.54, 1.807) is 0 Å². The van der Waals surface area contributed by atoms with Gasteiger partial charge in [0, 0.05) is 18.6 Å². The average molecular weight is 271 g/mol. The molecule has 20 heavy (non-hydrogen) atoms. The first-order chi connectivity index (χ1) is 9.78. The molecule has 0 aliphatic heterocycles. The predicted molar refractivity (Wildman–Crippen MR) is 80.7 cm³/mol. The minimum atomic E-state index is 0.248. The minimum absolute atomic E-state index is 0.248. The van der Waals surface area contributed by atoms with Crippen molar-refractivity contribution in [2.24, 2.45) is 5.92 Å². The lowest BCUT2D eigenvalue weighted by molar-refractivity contribution is 0.178. The molecule has 2 unspecified atom stereocenters. The Morgan fingerprint density at radius 1 is 1.15 bits per heavy atom. The first-order valence-corrected chi connectivity index (χ1v) is 7.38. The van der Waals surface area contributed by atoms with E-state index in [0.717, 1.165) is 35.4 Å². The number of aliphatic hydroxyl groups excluding tert-OH is 1. The van der Waals surface area contributed by atoms with Crippen molar-refractivity contribution in [3.63, 3.8) is 0 Å². The Balaban J connectivity index is 1.87. The Bertz CT molecular complexity index is 599. The second-order valence-electron chi connectivity index (χ2n) is 5.62. The smallest absolute Gasteiger partial charge is 0.148 e. The molecule has 0 radical (unpaired) electrons. The van der Waals surface area contributed by atoms with Gasteiger partial charge in [-0.1, -0.05) is 25.0 Å². The number of nitrogens with one attached hydrogen (secondary N) is 1. The van der Waals surface area contributed by atoms with Gasteiger partial charge in [-0.25, -0.2) is 9.97 Å². The number of nitrogens with zero attached hydrogens (tertiary/aromatic N) is 2. The molecule has 2 aromatic rings. The van der Waals surface area contributed by atoms with Crippen LogP contribution in [0, 0.1) is 12.8 Å². The van der Waals surface area contributed by atoms with Crippen LogP contribution < -0.4 is 5.32 Å². The highest BCUT2D eigenvalue weighted by atomic mass is 16.3. The Kier molecular flexibility index (Phi) is 3.83. The molecule has 106 valence electrons. The van der Waals surface area contributed by atoms with E-state index in [2.05, 4.69) is 15.3 Å². The van der Waals surface area contributed by atoms with Crippen LogP contribution in [0.5, 0.6) is 0 Å². The molecule has 1 aliphatic carbocycles. The molecule has 4 nitrogen and oxygen atoms in total. The molecule has 0 saturated heterocycles. The van der Waals surface area contributed by atoms with Crippen molar-refractivity contribution >= 4 is 16.9 Å². The van der Waals surface area contributed by atoms with E-state index in [1.807, 2.05) is 31.2 Å². The van der Waals surface area contributed by atoms with Gasteiger partial charge in [-0.15, -0.1) is 0 Å². The highest BCUT2D eigenvalue weighted by Gasteiger charge is 2.25. The van der Waals surface area contributed by atoms with Gasteiger partial charge in [0.1, 0.15) is 5.82 Å². The van der Waals surface area contributed by atoms with Crippen LogP contribution in [0.25, 0.3) is 11.0 Å². The van der Waals surface area contributed by atoms with Gasteiger partial charge in [-0.3, -0.25) is 0 Å². The van der Waals surface area contributed by atoms with Gasteiger partial charge in [0.25, 0.3) is 0 Å². The molecular formula is C16H21N3O. The van der Waals surface area contributed by atoms with Gasteiger partial charge in [-0.2, -0.15) is 0 Å². The highest BCUT2D eigenvalue weighted by Crippen LogP contribution is 2.27. The number of benzene rings is 1. The normalized spacial score (nSPS) is 22.9. The van der Waals surface area contributed by atoms with Crippen molar-refractivity contribution in [2.75, 3.05) is 11.9 Å². The number of aromatic nitrogens is 2. The second kappa shape index (κ2) is 5.75. The number of anilines is 1. The van der Waals surface area contributed by atoms with Crippen LogP contribution in [0.3, 0.4) is 0 Å². The predicted octanol–water partition coefficient (Wildman–Crippen LogP) is 2.90. The molecule has 0 spiro atoms. The summed E-state index contributed by atoms with van der Waals surface area (Å²) in [5.74, 6) is 1.19. The molecule has 0 bridgehead atoms. The van der Waals surface area contributed by atoms with Crippen molar-refractivity contribution in [3.8, 4) is 0 Å². The molecule has 1 aromatic carbocycles. The van der Waals surface area contributed by atoms with Crippen LogP contribution >= 0.6 is 0 Å². The third-order valence-electron chi connectivity index (χ3n) is 4.21. The van der Waals surface area contributed by atoms with Crippen LogP contribution in [-0.4, -0.2) is 27.7 Å². The molecule has 3 rings (SSSR count). The summed E-state index contributed by atoms with van der Waals surface area (Å²) >= 11 is 0. The molecule has 4 heteroatoms. The van der Waals surface area contributed by atoms with Gasteiger partial charge in [-0.05, 0) is 31.9 Å². The monoisotopic (exact) mass is 271 g/mol. The van der Waals surface area contributed by atoms with Crippen molar-refractivity contribution in [1.29, 1.82) is 0 Å². The molecule has 1 aromatic heterocycles. The van der Waals surface area contributed by atoms with E-state index in [9.17, 15) is 5.11 Å². The molecule has 2 atom stereocenters. The Morgan fingerprint density at radius 2 is 1.85 bits per heavy atom. The van der Waals surface area contributed by atoms with Crippen molar-refractivity contribution in [2.45, 2.75) is 38.6 Å². The van der Waals surface area contributed by atoms with E-state index in [-0.39, 0.29) is 6.61 Å². The zero-order chi connectivity index (χ0) is 13.9. The average Bonchev–Trinajstić information content (AvgIpc) is 2.48. The lowest BCUT2D eigenvalue weighted by Gasteiger charge is -2.31. The SMILES string of the molecule is Cc1nc2ccccc2nc1NC1CCCCC1CO. The summed E-state index contributed by atoms with van der Waals surface area (Å²) in [5.41, 5.74) is 2.76. The molecule has 0 amide bonds. The second-order valence-corrected chi connectivity index (χ2v) is 5.62. The fourth-order valence-corrected chi connectivity index (χ4v) is 3.02. The van der Waals surface area contributed by atoms with Crippen molar-refractivity contribution < 1.29 is 5.11 Å². The molecule has 2 N–H and O–H groups in total. The van der Waals surface area contributed by atoms with E-state index < -0.39 is 0 Å². The molecular weight excluding hydrogens is 250 g/mol. The van der Waals surface area contributed by atoms with E-state index in [4.69, 9.17) is 0 Å². The summed E-state index contributed by atoms with van der Waals surface area (Å²) < 4.78 is 0. The van der Waals surface area contributed by atoms with Crippen LogP contribution in [0.4, 0.5) is 5.82 Å². The molecule has 1 aliphatic rings. The molecule has 1 heterocycles. The number of aliphatic hydroxyl groups is 1. The largest absolute Gasteiger partial charge is 0.396 e. The number of aryl methyl sites for hydroxylation is 1. The van der Waals surface area contributed by atoms with Gasteiger partial charge in [0.05, 0.1) is 16.7 Å². The van der Waals surface area contributed by atoms with Crippen LogP contribution in [-0.2, 0) is 0 Å². The highest BCUT2D eigenvalue weighted by molar-refractivity contribution is 5.76. The summed E-state index contributed by atoms with van der Waals surface area (Å²) in [6.45, 7) is 2.23. The third kappa shape index (κ3) is 2.61. The summed E-state index contributed by atoms with van der Waals surface area (Å²) in [6.07, 6.45) is 4.62. The summed E-state index contributed by atoms with van der Waals surface area (Å²) in [6, 6.07) is 8.23. The summed E-state index contributed by atoms with van der Waals surface area (Å²) in [7, 11) is 0. The summed E-state index contributed by atoms with van der Waals surface area (Å²) in [5, 5.41) is 13.0.